The molecule has 18 heteroatoms. The van der Waals surface area contributed by atoms with Crippen LogP contribution in [0.25, 0.3) is 21.6 Å². The molecule has 4 aliphatic rings. The van der Waals surface area contributed by atoms with E-state index < -0.39 is 74.4 Å². The summed E-state index contributed by atoms with van der Waals surface area (Å²) in [6.07, 6.45) is 2.58. The molecule has 2 aromatic heterocycles. The number of nitrogens with zero attached hydrogens (tertiary/aromatic N) is 3. The number of hydrogen-bond donors (Lipinski definition) is 3. The number of rotatable bonds is 10. The average molecular weight is 909 g/mol. The third kappa shape index (κ3) is 9.38. The molecule has 3 N–H and O–H groups in total. The minimum absolute atomic E-state index is 0.00614. The number of halogens is 3. The first-order valence-corrected chi connectivity index (χ1v) is 23.8. The number of hydrogen-bond acceptors (Lipinski definition) is 11. The molecule has 13 nitrogen and oxygen atoms in total. The zero-order valence-electron chi connectivity index (χ0n) is 35.5. The maximum atomic E-state index is 14.9. The summed E-state index contributed by atoms with van der Waals surface area (Å²) >= 11 is 1.45. The van der Waals surface area contributed by atoms with E-state index in [0.717, 1.165) is 36.2 Å². The number of ether oxygens (including phenoxy) is 2. The third-order valence-electron chi connectivity index (χ3n) is 12.4. The fourth-order valence-corrected chi connectivity index (χ4v) is 10.8. The molecule has 1 saturated heterocycles. The van der Waals surface area contributed by atoms with Crippen molar-refractivity contribution in [2.24, 2.45) is 5.92 Å². The molecule has 2 aromatic carbocycles. The molecule has 0 spiro atoms. The van der Waals surface area contributed by atoms with Crippen LogP contribution in [0.3, 0.4) is 0 Å². The summed E-state index contributed by atoms with van der Waals surface area (Å²) in [5.74, 6) is -1.17. The predicted molar refractivity (Wildman–Crippen MR) is 233 cm³/mol. The fourth-order valence-electron chi connectivity index (χ4n) is 8.46. The van der Waals surface area contributed by atoms with E-state index >= 15 is 0 Å². The first-order valence-electron chi connectivity index (χ1n) is 21.4. The van der Waals surface area contributed by atoms with Gasteiger partial charge in [-0.3, -0.25) is 19.1 Å². The van der Waals surface area contributed by atoms with Gasteiger partial charge in [0, 0.05) is 40.4 Å². The van der Waals surface area contributed by atoms with E-state index in [-0.39, 0.29) is 25.3 Å². The van der Waals surface area contributed by atoms with Crippen LogP contribution in [0.5, 0.6) is 11.5 Å². The first-order chi connectivity index (χ1) is 30.0. The number of allylic oxidation sites excluding steroid dienone is 1. The van der Waals surface area contributed by atoms with E-state index in [4.69, 9.17) is 19.4 Å². The van der Waals surface area contributed by atoms with Gasteiger partial charge in [-0.15, -0.1) is 11.3 Å². The number of thiazole rings is 1. The second-order valence-electron chi connectivity index (χ2n) is 17.3. The SMILES string of the molecule is COc1ccc2c(O[C@@H]3C[C@H]4C(=O)N[C@]5(C(=O)NS(=O)(=O)C6CC6)C[C@H]5C=CCCCCC[C@H](Nc5ccc(C(F)(F)F)cc5)C(=O)N4C3)cc(-c3nc(C(C)C)cs3)nc2c1C. The molecule has 2 aliphatic heterocycles. The molecule has 2 aliphatic carbocycles. The second-order valence-corrected chi connectivity index (χ2v) is 20.1. The van der Waals surface area contributed by atoms with Crippen LogP contribution in [0.2, 0.25) is 0 Å². The number of fused-ring (bicyclic) bond motifs is 3. The van der Waals surface area contributed by atoms with Gasteiger partial charge in [-0.25, -0.2) is 18.4 Å². The van der Waals surface area contributed by atoms with Crippen molar-refractivity contribution in [3.05, 3.63) is 76.8 Å². The number of amides is 3. The Morgan fingerprint density at radius 3 is 2.48 bits per heavy atom. The van der Waals surface area contributed by atoms with Gasteiger partial charge >= 0.3 is 6.18 Å². The maximum absolute atomic E-state index is 14.9. The minimum atomic E-state index is -4.54. The van der Waals surface area contributed by atoms with Gasteiger partial charge in [0.1, 0.15) is 45.9 Å². The van der Waals surface area contributed by atoms with E-state index in [0.29, 0.717) is 70.9 Å². The number of benzene rings is 2. The number of carbonyl (C=O) groups is 3. The van der Waals surface area contributed by atoms with Crippen molar-refractivity contribution in [3.8, 4) is 22.2 Å². The van der Waals surface area contributed by atoms with Gasteiger partial charge in [-0.2, -0.15) is 13.2 Å². The Morgan fingerprint density at radius 2 is 1.79 bits per heavy atom. The van der Waals surface area contributed by atoms with Crippen LogP contribution in [0.4, 0.5) is 18.9 Å². The van der Waals surface area contributed by atoms with E-state index in [1.54, 1.807) is 13.2 Å². The zero-order chi connectivity index (χ0) is 44.8. The third-order valence-corrected chi connectivity index (χ3v) is 15.1. The van der Waals surface area contributed by atoms with Crippen molar-refractivity contribution in [1.29, 1.82) is 0 Å². The normalized spacial score (nSPS) is 24.5. The number of aryl methyl sites for hydroxylation is 1. The van der Waals surface area contributed by atoms with Crippen LogP contribution in [-0.4, -0.2) is 83.6 Å². The lowest BCUT2D eigenvalue weighted by Gasteiger charge is -2.30. The van der Waals surface area contributed by atoms with Crippen LogP contribution in [-0.2, 0) is 30.6 Å². The summed E-state index contributed by atoms with van der Waals surface area (Å²) in [4.78, 5) is 54.7. The van der Waals surface area contributed by atoms with Gasteiger partial charge in [-0.05, 0) is 87.8 Å². The van der Waals surface area contributed by atoms with Crippen molar-refractivity contribution >= 4 is 55.7 Å². The van der Waals surface area contributed by atoms with Crippen LogP contribution in [0.1, 0.15) is 94.4 Å². The number of alkyl halides is 3. The second kappa shape index (κ2) is 17.4. The van der Waals surface area contributed by atoms with Crippen molar-refractivity contribution in [1.82, 2.24) is 24.9 Å². The molecule has 4 heterocycles. The molecule has 8 rings (SSSR count). The number of carbonyl (C=O) groups excluding carboxylic acids is 3. The molecule has 0 unspecified atom stereocenters. The van der Waals surface area contributed by atoms with Crippen LogP contribution in [0, 0.1) is 12.8 Å². The Morgan fingerprint density at radius 1 is 1.03 bits per heavy atom. The molecule has 63 heavy (non-hydrogen) atoms. The monoisotopic (exact) mass is 908 g/mol. The van der Waals surface area contributed by atoms with Gasteiger partial charge in [0.2, 0.25) is 21.8 Å². The van der Waals surface area contributed by atoms with E-state index in [1.165, 1.54) is 28.4 Å². The Bertz CT molecular complexity index is 2540. The Kier molecular flexibility index (Phi) is 12.2. The largest absolute Gasteiger partial charge is 0.496 e. The van der Waals surface area contributed by atoms with Gasteiger partial charge in [0.25, 0.3) is 5.91 Å². The quantitative estimate of drug-likeness (QED) is 0.135. The molecule has 2 saturated carbocycles. The van der Waals surface area contributed by atoms with Crippen molar-refractivity contribution in [3.63, 3.8) is 0 Å². The Hall–Kier alpha value is -5.23. The standard InChI is InChI=1S/C45H51F3N6O7S2/c1-25(2)35-24-62-41(51-35)34-21-38(32-18-19-37(60-4)26(3)39(32)50-34)61-30-20-36-40(55)52-44(43(57)53-63(58,59)31-16-17-31)22-28(44)10-8-6-5-7-9-11-33(42(56)54(36)23-30)49-29-14-12-27(13-15-29)45(46,47)48/h8,10,12-15,18-19,21,24-25,28,30-31,33,36,49H,5-7,9,11,16-17,20,22-23H2,1-4H3,(H,52,55)(H,53,57)/t28-,30-,33+,36+,44-/m1/s1. The summed E-state index contributed by atoms with van der Waals surface area (Å²) in [5.41, 5.74) is 0.777. The summed E-state index contributed by atoms with van der Waals surface area (Å²) in [7, 11) is -2.37. The van der Waals surface area contributed by atoms with Gasteiger partial charge in [0.15, 0.2) is 0 Å². The average Bonchev–Trinajstić information content (AvgIpc) is 4.12. The van der Waals surface area contributed by atoms with Crippen LogP contribution >= 0.6 is 11.3 Å². The molecule has 0 bridgehead atoms. The minimum Gasteiger partial charge on any atom is -0.496 e. The van der Waals surface area contributed by atoms with Gasteiger partial charge in [0.05, 0.1) is 35.7 Å². The highest BCUT2D eigenvalue weighted by atomic mass is 32.2. The molecule has 336 valence electrons. The maximum Gasteiger partial charge on any atom is 0.416 e. The lowest BCUT2D eigenvalue weighted by atomic mass is 10.0. The molecule has 5 atom stereocenters. The topological polar surface area (TPSA) is 169 Å². The van der Waals surface area contributed by atoms with Gasteiger partial charge in [-0.1, -0.05) is 38.8 Å². The zero-order valence-corrected chi connectivity index (χ0v) is 37.1. The highest BCUT2D eigenvalue weighted by Crippen LogP contribution is 2.46. The molecule has 3 amide bonds. The smallest absolute Gasteiger partial charge is 0.416 e. The molecule has 0 radical (unpaired) electrons. The molecule has 3 fully saturated rings. The molecular formula is C45H51F3N6O7S2. The fraction of sp³-hybridized carbons (Fsp3) is 0.489. The number of methoxy groups -OCH3 is 1. The lowest BCUT2D eigenvalue weighted by Crippen LogP contribution is -2.57. The lowest BCUT2D eigenvalue weighted by molar-refractivity contribution is -0.140. The number of nitrogens with one attached hydrogen (secondary N) is 3. The van der Waals surface area contributed by atoms with E-state index in [9.17, 15) is 36.0 Å². The summed E-state index contributed by atoms with van der Waals surface area (Å²) in [6.45, 7) is 5.95. The van der Waals surface area contributed by atoms with Crippen molar-refractivity contribution in [2.75, 3.05) is 19.0 Å². The van der Waals surface area contributed by atoms with Gasteiger partial charge < -0.3 is 25.0 Å². The summed E-state index contributed by atoms with van der Waals surface area (Å²) < 4.78 is 81.0. The number of pyridine rings is 1. The van der Waals surface area contributed by atoms with E-state index in [2.05, 4.69) is 29.2 Å². The van der Waals surface area contributed by atoms with Crippen LogP contribution < -0.4 is 24.8 Å². The first kappa shape index (κ1) is 44.4. The predicted octanol–water partition coefficient (Wildman–Crippen LogP) is 7.65. The summed E-state index contributed by atoms with van der Waals surface area (Å²) in [5, 5.41) is 8.72. The number of aromatic nitrogens is 2. The van der Waals surface area contributed by atoms with Crippen LogP contribution in [0.15, 0.2) is 60.0 Å². The molecule has 4 aromatic rings. The van der Waals surface area contributed by atoms with E-state index in [1.807, 2.05) is 36.6 Å². The molecular weight excluding hydrogens is 858 g/mol. The summed E-state index contributed by atoms with van der Waals surface area (Å²) in [6, 6.07) is 7.79. The Labute approximate surface area is 368 Å². The highest BCUT2D eigenvalue weighted by Gasteiger charge is 2.62. The number of anilines is 1. The highest BCUT2D eigenvalue weighted by molar-refractivity contribution is 7.91. The number of sulfonamides is 1. The Balaban J connectivity index is 1.15. The van der Waals surface area contributed by atoms with Crippen molar-refractivity contribution < 1.29 is 45.4 Å². The van der Waals surface area contributed by atoms with Crippen molar-refractivity contribution in [2.45, 2.75) is 120 Å².